The molecule has 1 N–H and O–H groups in total. The summed E-state index contributed by atoms with van der Waals surface area (Å²) in [6.45, 7) is 3.16. The van der Waals surface area contributed by atoms with Crippen molar-refractivity contribution in [1.29, 1.82) is 0 Å². The van der Waals surface area contributed by atoms with Crippen LogP contribution in [0.4, 0.5) is 0 Å². The molecule has 1 aromatic heterocycles. The highest BCUT2D eigenvalue weighted by Crippen LogP contribution is 2.19. The van der Waals surface area contributed by atoms with Crippen LogP contribution in [0.3, 0.4) is 0 Å². The largest absolute Gasteiger partial charge is 0.394 e. The van der Waals surface area contributed by atoms with Crippen LogP contribution in [0.25, 0.3) is 11.3 Å². The standard InChI is InChI=1S/C17H19N3O3/c1-12-2-7-16(19-18-12)13-3-5-14(6-4-13)17(22)20-8-9-23-11-15(20)10-21/h2-7,15,21H,8-11H2,1H3/t15-/m1/s1. The molecule has 0 saturated carbocycles. The quantitative estimate of drug-likeness (QED) is 0.924. The van der Waals surface area contributed by atoms with Crippen molar-refractivity contribution in [2.75, 3.05) is 26.4 Å². The zero-order chi connectivity index (χ0) is 16.2. The van der Waals surface area contributed by atoms with Crippen molar-refractivity contribution in [3.8, 4) is 11.3 Å². The maximum absolute atomic E-state index is 12.6. The van der Waals surface area contributed by atoms with E-state index in [2.05, 4.69) is 10.2 Å². The van der Waals surface area contributed by atoms with Gasteiger partial charge in [-0.1, -0.05) is 12.1 Å². The van der Waals surface area contributed by atoms with E-state index in [0.717, 1.165) is 17.0 Å². The fourth-order valence-corrected chi connectivity index (χ4v) is 2.58. The molecule has 23 heavy (non-hydrogen) atoms. The smallest absolute Gasteiger partial charge is 0.254 e. The van der Waals surface area contributed by atoms with Crippen molar-refractivity contribution in [2.45, 2.75) is 13.0 Å². The first-order valence-electron chi connectivity index (χ1n) is 7.59. The topological polar surface area (TPSA) is 75.6 Å². The number of ether oxygens (including phenoxy) is 1. The van der Waals surface area contributed by atoms with E-state index in [1.807, 2.05) is 31.2 Å². The van der Waals surface area contributed by atoms with Crippen LogP contribution < -0.4 is 0 Å². The Balaban J connectivity index is 1.78. The molecule has 1 saturated heterocycles. The fourth-order valence-electron chi connectivity index (χ4n) is 2.58. The van der Waals surface area contributed by atoms with Gasteiger partial charge in [0.15, 0.2) is 0 Å². The molecular formula is C17H19N3O3. The number of aliphatic hydroxyl groups excluding tert-OH is 1. The number of hydrogen-bond donors (Lipinski definition) is 1. The average molecular weight is 313 g/mol. The molecule has 0 aliphatic carbocycles. The maximum atomic E-state index is 12.6. The van der Waals surface area contributed by atoms with Gasteiger partial charge in [-0.2, -0.15) is 10.2 Å². The van der Waals surface area contributed by atoms with Gasteiger partial charge < -0.3 is 14.7 Å². The summed E-state index contributed by atoms with van der Waals surface area (Å²) < 4.78 is 5.31. The van der Waals surface area contributed by atoms with E-state index in [0.29, 0.717) is 25.3 Å². The minimum Gasteiger partial charge on any atom is -0.394 e. The molecule has 1 atom stereocenters. The number of amides is 1. The van der Waals surface area contributed by atoms with Gasteiger partial charge in [0.2, 0.25) is 0 Å². The molecule has 0 bridgehead atoms. The number of aryl methyl sites for hydroxylation is 1. The molecular weight excluding hydrogens is 294 g/mol. The molecule has 1 aliphatic heterocycles. The lowest BCUT2D eigenvalue weighted by molar-refractivity contribution is -0.0183. The van der Waals surface area contributed by atoms with Crippen molar-refractivity contribution in [2.24, 2.45) is 0 Å². The van der Waals surface area contributed by atoms with Crippen LogP contribution in [0.1, 0.15) is 16.1 Å². The van der Waals surface area contributed by atoms with Crippen LogP contribution in [0.15, 0.2) is 36.4 Å². The molecule has 0 unspecified atom stereocenters. The molecule has 120 valence electrons. The summed E-state index contributed by atoms with van der Waals surface area (Å²) in [4.78, 5) is 14.3. The SMILES string of the molecule is Cc1ccc(-c2ccc(C(=O)N3CCOC[C@H]3CO)cc2)nn1. The summed E-state index contributed by atoms with van der Waals surface area (Å²) in [6.07, 6.45) is 0. The Bertz CT molecular complexity index is 670. The minimum atomic E-state index is -0.279. The van der Waals surface area contributed by atoms with Crippen LogP contribution in [0.5, 0.6) is 0 Å². The van der Waals surface area contributed by atoms with Crippen LogP contribution >= 0.6 is 0 Å². The second kappa shape index (κ2) is 6.85. The lowest BCUT2D eigenvalue weighted by Gasteiger charge is -2.34. The molecule has 1 aromatic carbocycles. The van der Waals surface area contributed by atoms with Crippen LogP contribution in [0, 0.1) is 6.92 Å². The van der Waals surface area contributed by atoms with Gasteiger partial charge in [-0.25, -0.2) is 0 Å². The summed E-state index contributed by atoms with van der Waals surface area (Å²) in [6, 6.07) is 10.8. The molecule has 2 aromatic rings. The van der Waals surface area contributed by atoms with Gasteiger partial charge in [0.05, 0.1) is 37.3 Å². The van der Waals surface area contributed by atoms with Gasteiger partial charge in [0, 0.05) is 17.7 Å². The Morgan fingerprint density at radius 3 is 2.70 bits per heavy atom. The number of carbonyl (C=O) groups is 1. The number of benzene rings is 1. The lowest BCUT2D eigenvalue weighted by Crippen LogP contribution is -2.50. The minimum absolute atomic E-state index is 0.0890. The third-order valence-electron chi connectivity index (χ3n) is 3.92. The maximum Gasteiger partial charge on any atom is 0.254 e. The molecule has 6 heteroatoms. The average Bonchev–Trinajstić information content (AvgIpc) is 2.62. The Hall–Kier alpha value is -2.31. The predicted octanol–water partition coefficient (Wildman–Crippen LogP) is 1.29. The number of aliphatic hydroxyl groups is 1. The second-order valence-electron chi connectivity index (χ2n) is 5.55. The summed E-state index contributed by atoms with van der Waals surface area (Å²) >= 11 is 0. The number of hydrogen-bond acceptors (Lipinski definition) is 5. The summed E-state index contributed by atoms with van der Waals surface area (Å²) in [5, 5.41) is 17.6. The normalized spacial score (nSPS) is 18.0. The van der Waals surface area contributed by atoms with Gasteiger partial charge in [0.25, 0.3) is 5.91 Å². The van der Waals surface area contributed by atoms with E-state index < -0.39 is 0 Å². The summed E-state index contributed by atoms with van der Waals surface area (Å²) in [7, 11) is 0. The van der Waals surface area contributed by atoms with Crippen LogP contribution in [-0.4, -0.2) is 58.5 Å². The van der Waals surface area contributed by atoms with Crippen LogP contribution in [0.2, 0.25) is 0 Å². The second-order valence-corrected chi connectivity index (χ2v) is 5.55. The van der Waals surface area contributed by atoms with Crippen molar-refractivity contribution in [3.05, 3.63) is 47.7 Å². The van der Waals surface area contributed by atoms with E-state index in [9.17, 15) is 9.90 Å². The van der Waals surface area contributed by atoms with Gasteiger partial charge in [-0.15, -0.1) is 0 Å². The summed E-state index contributed by atoms with van der Waals surface area (Å²) in [5.41, 5.74) is 3.14. The first kappa shape index (κ1) is 15.6. The molecule has 1 amide bonds. The van der Waals surface area contributed by atoms with E-state index in [4.69, 9.17) is 4.74 Å². The monoisotopic (exact) mass is 313 g/mol. The third kappa shape index (κ3) is 3.38. The van der Waals surface area contributed by atoms with Crippen molar-refractivity contribution in [3.63, 3.8) is 0 Å². The third-order valence-corrected chi connectivity index (χ3v) is 3.92. The molecule has 0 spiro atoms. The van der Waals surface area contributed by atoms with Gasteiger partial charge in [-0.05, 0) is 31.2 Å². The molecule has 2 heterocycles. The molecule has 3 rings (SSSR count). The van der Waals surface area contributed by atoms with Crippen LogP contribution in [-0.2, 0) is 4.74 Å². The van der Waals surface area contributed by atoms with Gasteiger partial charge >= 0.3 is 0 Å². The van der Waals surface area contributed by atoms with E-state index in [1.165, 1.54) is 0 Å². The number of nitrogens with zero attached hydrogens (tertiary/aromatic N) is 3. The molecule has 1 aliphatic rings. The Labute approximate surface area is 134 Å². The predicted molar refractivity (Wildman–Crippen MR) is 84.9 cm³/mol. The van der Waals surface area contributed by atoms with E-state index in [-0.39, 0.29) is 18.6 Å². The fraction of sp³-hybridized carbons (Fsp3) is 0.353. The Morgan fingerprint density at radius 2 is 2.04 bits per heavy atom. The highest BCUT2D eigenvalue weighted by molar-refractivity contribution is 5.95. The zero-order valence-corrected chi connectivity index (χ0v) is 13.0. The molecule has 0 radical (unpaired) electrons. The molecule has 6 nitrogen and oxygen atoms in total. The van der Waals surface area contributed by atoms with E-state index in [1.54, 1.807) is 17.0 Å². The highest BCUT2D eigenvalue weighted by atomic mass is 16.5. The number of morpholine rings is 1. The van der Waals surface area contributed by atoms with Crippen molar-refractivity contribution < 1.29 is 14.6 Å². The first-order chi connectivity index (χ1) is 11.2. The number of aromatic nitrogens is 2. The summed E-state index contributed by atoms with van der Waals surface area (Å²) in [5.74, 6) is -0.0890. The van der Waals surface area contributed by atoms with Gasteiger partial charge in [-0.3, -0.25) is 4.79 Å². The Morgan fingerprint density at radius 1 is 1.26 bits per heavy atom. The highest BCUT2D eigenvalue weighted by Gasteiger charge is 2.27. The van der Waals surface area contributed by atoms with Gasteiger partial charge in [0.1, 0.15) is 0 Å². The van der Waals surface area contributed by atoms with Crippen molar-refractivity contribution >= 4 is 5.91 Å². The zero-order valence-electron chi connectivity index (χ0n) is 13.0. The van der Waals surface area contributed by atoms with Crippen molar-refractivity contribution in [1.82, 2.24) is 15.1 Å². The number of carbonyl (C=O) groups excluding carboxylic acids is 1. The number of rotatable bonds is 3. The Kier molecular flexibility index (Phi) is 4.64. The lowest BCUT2D eigenvalue weighted by atomic mass is 10.1. The first-order valence-corrected chi connectivity index (χ1v) is 7.59. The molecule has 1 fully saturated rings. The van der Waals surface area contributed by atoms with E-state index >= 15 is 0 Å².